The van der Waals surface area contributed by atoms with Crippen LogP contribution in [0.4, 0.5) is 0 Å². The van der Waals surface area contributed by atoms with Crippen molar-refractivity contribution >= 4 is 34.9 Å². The minimum Gasteiger partial charge on any atom is -0.490 e. The molecular weight excluding hydrogens is 429 g/mol. The van der Waals surface area contributed by atoms with Gasteiger partial charge in [0.25, 0.3) is 0 Å². The SMILES string of the molecule is CON=C(C(=O)OC)c1ccccc1COc1cc(Cl)c(OCCC(C)C)c(Cl)c1. The van der Waals surface area contributed by atoms with E-state index >= 15 is 0 Å². The number of oxime groups is 1. The maximum absolute atomic E-state index is 12.1. The molecule has 0 spiro atoms. The van der Waals surface area contributed by atoms with E-state index < -0.39 is 5.97 Å². The molecule has 2 aromatic rings. The number of esters is 1. The molecular formula is C22H25Cl2NO5. The lowest BCUT2D eigenvalue weighted by atomic mass is 10.0. The molecule has 2 rings (SSSR count). The zero-order valence-corrected chi connectivity index (χ0v) is 18.9. The lowest BCUT2D eigenvalue weighted by Gasteiger charge is -2.15. The molecule has 0 bridgehead atoms. The second kappa shape index (κ2) is 11.7. The van der Waals surface area contributed by atoms with Gasteiger partial charge in [0.05, 0.1) is 23.8 Å². The number of carbonyl (C=O) groups excluding carboxylic acids is 1. The van der Waals surface area contributed by atoms with E-state index in [1.807, 2.05) is 12.1 Å². The Hall–Kier alpha value is -2.44. The molecule has 0 radical (unpaired) electrons. The zero-order valence-electron chi connectivity index (χ0n) is 17.4. The number of ether oxygens (including phenoxy) is 3. The molecule has 0 aliphatic carbocycles. The Morgan fingerprint density at radius 1 is 1.07 bits per heavy atom. The number of hydrogen-bond donors (Lipinski definition) is 0. The van der Waals surface area contributed by atoms with Crippen LogP contribution in [0.25, 0.3) is 0 Å². The molecule has 0 heterocycles. The van der Waals surface area contributed by atoms with Crippen LogP contribution in [0.15, 0.2) is 41.6 Å². The molecule has 6 nitrogen and oxygen atoms in total. The van der Waals surface area contributed by atoms with Crippen LogP contribution in [0, 0.1) is 5.92 Å². The number of halogens is 2. The maximum atomic E-state index is 12.1. The van der Waals surface area contributed by atoms with E-state index in [-0.39, 0.29) is 12.3 Å². The highest BCUT2D eigenvalue weighted by Crippen LogP contribution is 2.37. The summed E-state index contributed by atoms with van der Waals surface area (Å²) in [5.41, 5.74) is 1.30. The maximum Gasteiger partial charge on any atom is 0.360 e. The first-order valence-electron chi connectivity index (χ1n) is 9.39. The van der Waals surface area contributed by atoms with E-state index in [1.165, 1.54) is 14.2 Å². The van der Waals surface area contributed by atoms with Gasteiger partial charge in [0.15, 0.2) is 11.5 Å². The molecule has 0 atom stereocenters. The predicted octanol–water partition coefficient (Wildman–Crippen LogP) is 5.52. The summed E-state index contributed by atoms with van der Waals surface area (Å²) in [6, 6.07) is 10.4. The molecule has 8 heteroatoms. The van der Waals surface area contributed by atoms with Gasteiger partial charge in [-0.25, -0.2) is 4.79 Å². The topological polar surface area (TPSA) is 66.4 Å². The van der Waals surface area contributed by atoms with Crippen molar-refractivity contribution in [2.24, 2.45) is 11.1 Å². The van der Waals surface area contributed by atoms with Crippen LogP contribution in [0.2, 0.25) is 10.0 Å². The van der Waals surface area contributed by atoms with E-state index in [0.29, 0.717) is 45.2 Å². The second-order valence-corrected chi connectivity index (χ2v) is 7.62. The highest BCUT2D eigenvalue weighted by molar-refractivity contribution is 6.43. The standard InChI is InChI=1S/C22H25Cl2NO5/c1-14(2)9-10-29-21-18(23)11-16(12-19(21)24)30-13-15-7-5-6-8-17(15)20(25-28-4)22(26)27-3/h5-8,11-12,14H,9-10,13H2,1-4H3. The lowest BCUT2D eigenvalue weighted by Crippen LogP contribution is -2.19. The Kier molecular flexibility index (Phi) is 9.27. The highest BCUT2D eigenvalue weighted by Gasteiger charge is 2.19. The smallest absolute Gasteiger partial charge is 0.360 e. The van der Waals surface area contributed by atoms with Crippen LogP contribution >= 0.6 is 23.2 Å². The first-order chi connectivity index (χ1) is 14.4. The van der Waals surface area contributed by atoms with E-state index in [2.05, 4.69) is 19.0 Å². The summed E-state index contributed by atoms with van der Waals surface area (Å²) in [4.78, 5) is 16.8. The summed E-state index contributed by atoms with van der Waals surface area (Å²) < 4.78 is 16.4. The summed E-state index contributed by atoms with van der Waals surface area (Å²) in [7, 11) is 2.64. The largest absolute Gasteiger partial charge is 0.490 e. The first-order valence-corrected chi connectivity index (χ1v) is 10.1. The molecule has 0 aliphatic heterocycles. The van der Waals surface area contributed by atoms with Crippen LogP contribution < -0.4 is 9.47 Å². The Balaban J connectivity index is 2.18. The van der Waals surface area contributed by atoms with Crippen LogP contribution in [0.5, 0.6) is 11.5 Å². The monoisotopic (exact) mass is 453 g/mol. The first kappa shape index (κ1) is 23.8. The Morgan fingerprint density at radius 2 is 1.73 bits per heavy atom. The van der Waals surface area contributed by atoms with Gasteiger partial charge >= 0.3 is 5.97 Å². The molecule has 2 aromatic carbocycles. The molecule has 0 saturated carbocycles. The second-order valence-electron chi connectivity index (χ2n) is 6.81. The normalized spacial score (nSPS) is 11.4. The number of rotatable bonds is 10. The number of methoxy groups -OCH3 is 1. The van der Waals surface area contributed by atoms with Gasteiger partial charge < -0.3 is 19.0 Å². The number of carbonyl (C=O) groups is 1. The molecule has 162 valence electrons. The van der Waals surface area contributed by atoms with Crippen molar-refractivity contribution in [1.29, 1.82) is 0 Å². The van der Waals surface area contributed by atoms with Crippen molar-refractivity contribution in [1.82, 2.24) is 0 Å². The van der Waals surface area contributed by atoms with Gasteiger partial charge in [-0.15, -0.1) is 0 Å². The molecule has 0 N–H and O–H groups in total. The Bertz CT molecular complexity index is 876. The van der Waals surface area contributed by atoms with E-state index in [9.17, 15) is 4.79 Å². The fourth-order valence-corrected chi connectivity index (χ4v) is 3.15. The highest BCUT2D eigenvalue weighted by atomic mass is 35.5. The predicted molar refractivity (Wildman–Crippen MR) is 118 cm³/mol. The summed E-state index contributed by atoms with van der Waals surface area (Å²) in [6.45, 7) is 4.91. The summed E-state index contributed by atoms with van der Waals surface area (Å²) in [5.74, 6) is 0.811. The molecule has 30 heavy (non-hydrogen) atoms. The third-order valence-corrected chi connectivity index (χ3v) is 4.70. The third kappa shape index (κ3) is 6.54. The molecule has 0 fully saturated rings. The van der Waals surface area contributed by atoms with Crippen molar-refractivity contribution in [3.8, 4) is 11.5 Å². The molecule has 0 aromatic heterocycles. The Morgan fingerprint density at radius 3 is 2.33 bits per heavy atom. The molecule has 0 aliphatic rings. The van der Waals surface area contributed by atoms with Gasteiger partial charge in [0.1, 0.15) is 19.5 Å². The van der Waals surface area contributed by atoms with Crippen LogP contribution in [0.3, 0.4) is 0 Å². The minimum absolute atomic E-state index is 0.0455. The fourth-order valence-electron chi connectivity index (χ4n) is 2.58. The zero-order chi connectivity index (χ0) is 22.1. The van der Waals surface area contributed by atoms with E-state index in [0.717, 1.165) is 6.42 Å². The van der Waals surface area contributed by atoms with Crippen molar-refractivity contribution in [2.45, 2.75) is 26.9 Å². The summed E-state index contributed by atoms with van der Waals surface area (Å²) in [6.07, 6.45) is 0.896. The van der Waals surface area contributed by atoms with Gasteiger partial charge in [0, 0.05) is 17.7 Å². The number of nitrogens with zero attached hydrogens (tertiary/aromatic N) is 1. The third-order valence-electron chi connectivity index (χ3n) is 4.14. The van der Waals surface area contributed by atoms with Gasteiger partial charge in [-0.1, -0.05) is 66.5 Å². The van der Waals surface area contributed by atoms with Crippen LogP contribution in [0.1, 0.15) is 31.4 Å². The average molecular weight is 454 g/mol. The summed E-state index contributed by atoms with van der Waals surface area (Å²) >= 11 is 12.7. The lowest BCUT2D eigenvalue weighted by molar-refractivity contribution is -0.132. The van der Waals surface area contributed by atoms with Gasteiger partial charge in [-0.3, -0.25) is 0 Å². The van der Waals surface area contributed by atoms with Crippen molar-refractivity contribution in [3.63, 3.8) is 0 Å². The van der Waals surface area contributed by atoms with Crippen molar-refractivity contribution in [3.05, 3.63) is 57.6 Å². The summed E-state index contributed by atoms with van der Waals surface area (Å²) in [5, 5.41) is 4.52. The fraction of sp³-hybridized carbons (Fsp3) is 0.364. The average Bonchev–Trinajstić information content (AvgIpc) is 2.72. The van der Waals surface area contributed by atoms with Gasteiger partial charge in [0.2, 0.25) is 0 Å². The van der Waals surface area contributed by atoms with Gasteiger partial charge in [-0.2, -0.15) is 0 Å². The molecule has 0 amide bonds. The van der Waals surface area contributed by atoms with Crippen LogP contribution in [-0.4, -0.2) is 32.5 Å². The minimum atomic E-state index is -0.613. The van der Waals surface area contributed by atoms with E-state index in [4.69, 9.17) is 42.3 Å². The number of benzene rings is 2. The van der Waals surface area contributed by atoms with E-state index in [1.54, 1.807) is 24.3 Å². The van der Waals surface area contributed by atoms with Crippen LogP contribution in [-0.2, 0) is 21.0 Å². The van der Waals surface area contributed by atoms with Gasteiger partial charge in [-0.05, 0) is 17.9 Å². The van der Waals surface area contributed by atoms with Crippen molar-refractivity contribution < 1.29 is 23.8 Å². The quantitative estimate of drug-likeness (QED) is 0.269. The number of hydrogen-bond acceptors (Lipinski definition) is 6. The molecule has 0 saturated heterocycles. The Labute approximate surface area is 186 Å². The molecule has 0 unspecified atom stereocenters. The van der Waals surface area contributed by atoms with Crippen molar-refractivity contribution in [2.75, 3.05) is 20.8 Å².